The van der Waals surface area contributed by atoms with Crippen LogP contribution in [-0.2, 0) is 11.2 Å². The molecule has 0 bridgehead atoms. The predicted molar refractivity (Wildman–Crippen MR) is 129 cm³/mol. The minimum Gasteiger partial charge on any atom is -0.349 e. The molecule has 2 nitrogen and oxygen atoms in total. The van der Waals surface area contributed by atoms with Crippen molar-refractivity contribution in [1.29, 1.82) is 0 Å². The Morgan fingerprint density at radius 2 is 1.20 bits per heavy atom. The van der Waals surface area contributed by atoms with E-state index in [1.54, 1.807) is 0 Å². The smallest absolute Gasteiger partial charge is 0.220 e. The van der Waals surface area contributed by atoms with E-state index < -0.39 is 0 Å². The van der Waals surface area contributed by atoms with Gasteiger partial charge in [0.2, 0.25) is 5.91 Å². The van der Waals surface area contributed by atoms with Crippen molar-refractivity contribution in [2.75, 3.05) is 0 Å². The monoisotopic (exact) mass is 407 g/mol. The lowest BCUT2D eigenvalue weighted by molar-refractivity contribution is -0.122. The minimum absolute atomic E-state index is 0.0359. The van der Waals surface area contributed by atoms with Gasteiger partial charge >= 0.3 is 0 Å². The summed E-state index contributed by atoms with van der Waals surface area (Å²) in [5.74, 6) is 0.177. The van der Waals surface area contributed by atoms with Crippen LogP contribution >= 0.6 is 0 Å². The molecule has 1 N–H and O–H groups in total. The first-order valence-corrected chi connectivity index (χ1v) is 12.2. The molecule has 1 atom stereocenters. The molecule has 164 valence electrons. The summed E-state index contributed by atoms with van der Waals surface area (Å²) < 4.78 is 0. The summed E-state index contributed by atoms with van der Waals surface area (Å²) in [6.07, 6.45) is 15.8. The highest BCUT2D eigenvalue weighted by Crippen LogP contribution is 2.19. The highest BCUT2D eigenvalue weighted by atomic mass is 16.1. The van der Waals surface area contributed by atoms with Crippen molar-refractivity contribution >= 4 is 5.91 Å². The number of hydrogen-bond acceptors (Lipinski definition) is 1. The molecule has 2 aromatic rings. The van der Waals surface area contributed by atoms with Gasteiger partial charge < -0.3 is 5.32 Å². The molecule has 0 aromatic heterocycles. The molecular formula is C28H41NO. The Morgan fingerprint density at radius 1 is 0.700 bits per heavy atom. The molecular weight excluding hydrogens is 366 g/mol. The molecule has 0 heterocycles. The van der Waals surface area contributed by atoms with Crippen molar-refractivity contribution in [3.63, 3.8) is 0 Å². The van der Waals surface area contributed by atoms with E-state index in [0.29, 0.717) is 6.42 Å². The molecule has 0 spiro atoms. The van der Waals surface area contributed by atoms with Gasteiger partial charge in [0.15, 0.2) is 0 Å². The standard InChI is InChI=1S/C28H41NO/c1-2-3-4-5-6-7-8-9-10-11-18-23-28(30)29-27(26-21-16-13-17-22-26)24-25-19-14-12-15-20-25/h12-17,19-22,27H,2-11,18,23-24H2,1H3,(H,29,30)/t27-/m0/s1. The lowest BCUT2D eigenvalue weighted by Crippen LogP contribution is -2.29. The molecule has 30 heavy (non-hydrogen) atoms. The van der Waals surface area contributed by atoms with Crippen LogP contribution in [0.2, 0.25) is 0 Å². The third kappa shape index (κ3) is 10.6. The average Bonchev–Trinajstić information content (AvgIpc) is 2.78. The minimum atomic E-state index is 0.0359. The molecule has 0 aliphatic carbocycles. The number of hydrogen-bond donors (Lipinski definition) is 1. The van der Waals surface area contributed by atoms with Gasteiger partial charge in [-0.3, -0.25) is 4.79 Å². The number of carbonyl (C=O) groups excluding carboxylic acids is 1. The van der Waals surface area contributed by atoms with Crippen LogP contribution in [0.5, 0.6) is 0 Å². The summed E-state index contributed by atoms with van der Waals surface area (Å²) >= 11 is 0. The molecule has 0 aliphatic rings. The number of unbranched alkanes of at least 4 members (excludes halogenated alkanes) is 10. The number of nitrogens with one attached hydrogen (secondary N) is 1. The highest BCUT2D eigenvalue weighted by molar-refractivity contribution is 5.76. The second-order valence-corrected chi connectivity index (χ2v) is 8.51. The molecule has 0 radical (unpaired) electrons. The maximum Gasteiger partial charge on any atom is 0.220 e. The Hall–Kier alpha value is -2.09. The van der Waals surface area contributed by atoms with Crippen LogP contribution in [0.4, 0.5) is 0 Å². The van der Waals surface area contributed by atoms with Gasteiger partial charge in [-0.05, 0) is 24.0 Å². The van der Waals surface area contributed by atoms with Crippen molar-refractivity contribution in [3.8, 4) is 0 Å². The van der Waals surface area contributed by atoms with E-state index in [2.05, 4.69) is 48.6 Å². The van der Waals surface area contributed by atoms with E-state index in [0.717, 1.165) is 19.3 Å². The van der Waals surface area contributed by atoms with Gasteiger partial charge in [-0.1, -0.05) is 132 Å². The van der Waals surface area contributed by atoms with Gasteiger partial charge in [0, 0.05) is 6.42 Å². The Kier molecular flexibility index (Phi) is 12.7. The van der Waals surface area contributed by atoms with Crippen LogP contribution in [0.3, 0.4) is 0 Å². The van der Waals surface area contributed by atoms with Crippen LogP contribution in [0.1, 0.15) is 101 Å². The maximum absolute atomic E-state index is 12.6. The summed E-state index contributed by atoms with van der Waals surface area (Å²) in [5, 5.41) is 3.28. The normalized spacial score (nSPS) is 11.9. The van der Waals surface area contributed by atoms with Gasteiger partial charge in [-0.15, -0.1) is 0 Å². The van der Waals surface area contributed by atoms with Crippen molar-refractivity contribution in [1.82, 2.24) is 5.32 Å². The van der Waals surface area contributed by atoms with E-state index >= 15 is 0 Å². The number of amides is 1. The van der Waals surface area contributed by atoms with E-state index in [9.17, 15) is 4.79 Å². The van der Waals surface area contributed by atoms with Crippen LogP contribution in [0.25, 0.3) is 0 Å². The maximum atomic E-state index is 12.6. The zero-order valence-electron chi connectivity index (χ0n) is 19.0. The first-order valence-electron chi connectivity index (χ1n) is 12.2. The third-order valence-electron chi connectivity index (χ3n) is 5.83. The second kappa shape index (κ2) is 15.7. The lowest BCUT2D eigenvalue weighted by atomic mass is 9.98. The van der Waals surface area contributed by atoms with Gasteiger partial charge in [-0.25, -0.2) is 0 Å². The predicted octanol–water partition coefficient (Wildman–Crippen LogP) is 7.79. The van der Waals surface area contributed by atoms with Crippen molar-refractivity contribution in [2.45, 2.75) is 96.4 Å². The quantitative estimate of drug-likeness (QED) is 0.283. The van der Waals surface area contributed by atoms with E-state index in [1.807, 2.05) is 24.3 Å². The van der Waals surface area contributed by atoms with Crippen LogP contribution in [0, 0.1) is 0 Å². The fourth-order valence-corrected chi connectivity index (χ4v) is 4.00. The number of rotatable bonds is 16. The zero-order valence-corrected chi connectivity index (χ0v) is 19.0. The average molecular weight is 408 g/mol. The van der Waals surface area contributed by atoms with Crippen LogP contribution in [0.15, 0.2) is 60.7 Å². The molecule has 2 rings (SSSR count). The number of carbonyl (C=O) groups is 1. The molecule has 2 heteroatoms. The van der Waals surface area contributed by atoms with Crippen LogP contribution in [-0.4, -0.2) is 5.91 Å². The van der Waals surface area contributed by atoms with Gasteiger partial charge in [0.05, 0.1) is 6.04 Å². The van der Waals surface area contributed by atoms with Crippen molar-refractivity contribution in [3.05, 3.63) is 71.8 Å². The Bertz CT molecular complexity index is 668. The summed E-state index contributed by atoms with van der Waals surface area (Å²) in [7, 11) is 0. The Labute approximate surface area is 184 Å². The fourth-order valence-electron chi connectivity index (χ4n) is 4.00. The van der Waals surface area contributed by atoms with Gasteiger partial charge in [0.1, 0.15) is 0 Å². The largest absolute Gasteiger partial charge is 0.349 e. The van der Waals surface area contributed by atoms with E-state index in [1.165, 1.54) is 68.9 Å². The summed E-state index contributed by atoms with van der Waals surface area (Å²) in [6, 6.07) is 20.8. The second-order valence-electron chi connectivity index (χ2n) is 8.51. The highest BCUT2D eigenvalue weighted by Gasteiger charge is 2.15. The zero-order chi connectivity index (χ0) is 21.3. The molecule has 0 saturated carbocycles. The lowest BCUT2D eigenvalue weighted by Gasteiger charge is -2.19. The molecule has 2 aromatic carbocycles. The Balaban J connectivity index is 1.63. The summed E-state index contributed by atoms with van der Waals surface area (Å²) in [6.45, 7) is 2.27. The topological polar surface area (TPSA) is 29.1 Å². The molecule has 1 amide bonds. The Morgan fingerprint density at radius 3 is 1.77 bits per heavy atom. The molecule has 0 aliphatic heterocycles. The molecule has 0 saturated heterocycles. The molecule has 0 unspecified atom stereocenters. The molecule has 0 fully saturated rings. The fraction of sp³-hybridized carbons (Fsp3) is 0.536. The van der Waals surface area contributed by atoms with Crippen molar-refractivity contribution < 1.29 is 4.79 Å². The van der Waals surface area contributed by atoms with E-state index in [4.69, 9.17) is 0 Å². The van der Waals surface area contributed by atoms with Gasteiger partial charge in [0.25, 0.3) is 0 Å². The SMILES string of the molecule is CCCCCCCCCCCCCC(=O)N[C@@H](Cc1ccccc1)c1ccccc1. The number of benzene rings is 2. The van der Waals surface area contributed by atoms with Crippen LogP contribution < -0.4 is 5.32 Å². The first kappa shape index (κ1) is 24.2. The first-order chi connectivity index (χ1) is 14.8. The summed E-state index contributed by atoms with van der Waals surface area (Å²) in [4.78, 5) is 12.6. The van der Waals surface area contributed by atoms with Crippen molar-refractivity contribution in [2.24, 2.45) is 0 Å². The third-order valence-corrected chi connectivity index (χ3v) is 5.83. The van der Waals surface area contributed by atoms with Gasteiger partial charge in [-0.2, -0.15) is 0 Å². The summed E-state index contributed by atoms with van der Waals surface area (Å²) in [5.41, 5.74) is 2.43. The van der Waals surface area contributed by atoms with E-state index in [-0.39, 0.29) is 11.9 Å².